The fraction of sp³-hybridized carbons (Fsp3) is 0.643. The van der Waals surface area contributed by atoms with E-state index >= 15 is 0 Å². The SMILES string of the molecule is C[C@@H](O)c1ccnc(N(C)C2CCCCC2)c1. The number of nitrogens with zero attached hydrogens (tertiary/aromatic N) is 2. The fourth-order valence-electron chi connectivity index (χ4n) is 2.54. The third kappa shape index (κ3) is 2.97. The molecule has 0 aliphatic heterocycles. The minimum atomic E-state index is -0.420. The minimum Gasteiger partial charge on any atom is -0.389 e. The molecule has 0 spiro atoms. The Balaban J connectivity index is 2.12. The van der Waals surface area contributed by atoms with Gasteiger partial charge in [-0.25, -0.2) is 4.98 Å². The van der Waals surface area contributed by atoms with Gasteiger partial charge in [0, 0.05) is 19.3 Å². The third-order valence-corrected chi connectivity index (χ3v) is 3.74. The van der Waals surface area contributed by atoms with Crippen molar-refractivity contribution >= 4 is 5.82 Å². The lowest BCUT2D eigenvalue weighted by Gasteiger charge is -2.32. The van der Waals surface area contributed by atoms with E-state index < -0.39 is 6.10 Å². The molecule has 0 saturated heterocycles. The topological polar surface area (TPSA) is 36.4 Å². The van der Waals surface area contributed by atoms with Gasteiger partial charge >= 0.3 is 0 Å². The van der Waals surface area contributed by atoms with Crippen LogP contribution in [0.1, 0.15) is 50.7 Å². The Labute approximate surface area is 103 Å². The number of anilines is 1. The second-order valence-electron chi connectivity index (χ2n) is 5.03. The summed E-state index contributed by atoms with van der Waals surface area (Å²) in [4.78, 5) is 6.68. The highest BCUT2D eigenvalue weighted by atomic mass is 16.3. The van der Waals surface area contributed by atoms with Gasteiger partial charge in [0.25, 0.3) is 0 Å². The summed E-state index contributed by atoms with van der Waals surface area (Å²) in [6.07, 6.45) is 7.91. The van der Waals surface area contributed by atoms with Crippen molar-refractivity contribution in [3.8, 4) is 0 Å². The van der Waals surface area contributed by atoms with Crippen LogP contribution in [0.25, 0.3) is 0 Å². The van der Waals surface area contributed by atoms with E-state index in [2.05, 4.69) is 16.9 Å². The maximum Gasteiger partial charge on any atom is 0.128 e. The molecule has 1 saturated carbocycles. The van der Waals surface area contributed by atoms with E-state index in [4.69, 9.17) is 0 Å². The molecule has 1 atom stereocenters. The highest BCUT2D eigenvalue weighted by Crippen LogP contribution is 2.26. The average molecular weight is 234 g/mol. The van der Waals surface area contributed by atoms with Crippen molar-refractivity contribution in [1.29, 1.82) is 0 Å². The van der Waals surface area contributed by atoms with Crippen LogP contribution in [0.5, 0.6) is 0 Å². The average Bonchev–Trinajstić information content (AvgIpc) is 2.39. The van der Waals surface area contributed by atoms with Gasteiger partial charge in [-0.15, -0.1) is 0 Å². The largest absolute Gasteiger partial charge is 0.389 e. The molecular weight excluding hydrogens is 212 g/mol. The van der Waals surface area contributed by atoms with Gasteiger partial charge in [0.15, 0.2) is 0 Å². The molecule has 1 fully saturated rings. The van der Waals surface area contributed by atoms with Gasteiger partial charge < -0.3 is 10.0 Å². The van der Waals surface area contributed by atoms with Crippen molar-refractivity contribution in [2.24, 2.45) is 0 Å². The van der Waals surface area contributed by atoms with E-state index in [1.807, 2.05) is 12.1 Å². The Morgan fingerprint density at radius 3 is 2.71 bits per heavy atom. The lowest BCUT2D eigenvalue weighted by Crippen LogP contribution is -2.33. The first-order valence-corrected chi connectivity index (χ1v) is 6.55. The van der Waals surface area contributed by atoms with Crippen LogP contribution in [0.4, 0.5) is 5.82 Å². The van der Waals surface area contributed by atoms with E-state index in [1.54, 1.807) is 13.1 Å². The zero-order valence-corrected chi connectivity index (χ0v) is 10.8. The second kappa shape index (κ2) is 5.50. The van der Waals surface area contributed by atoms with Gasteiger partial charge in [-0.1, -0.05) is 19.3 Å². The molecule has 94 valence electrons. The summed E-state index contributed by atoms with van der Waals surface area (Å²) >= 11 is 0. The van der Waals surface area contributed by atoms with E-state index in [0.717, 1.165) is 11.4 Å². The normalized spacial score (nSPS) is 19.0. The number of aromatic nitrogens is 1. The molecule has 1 aromatic heterocycles. The van der Waals surface area contributed by atoms with Crippen LogP contribution in [0.2, 0.25) is 0 Å². The summed E-state index contributed by atoms with van der Waals surface area (Å²) in [5, 5.41) is 9.59. The van der Waals surface area contributed by atoms with Crippen LogP contribution in [-0.4, -0.2) is 23.2 Å². The number of aliphatic hydroxyl groups is 1. The lowest BCUT2D eigenvalue weighted by atomic mass is 9.94. The van der Waals surface area contributed by atoms with Crippen LogP contribution in [0.3, 0.4) is 0 Å². The predicted octanol–water partition coefficient (Wildman–Crippen LogP) is 2.90. The Bertz CT molecular complexity index is 359. The first kappa shape index (κ1) is 12.4. The summed E-state index contributed by atoms with van der Waals surface area (Å²) in [5.74, 6) is 0.982. The highest BCUT2D eigenvalue weighted by Gasteiger charge is 2.19. The first-order chi connectivity index (χ1) is 8.18. The van der Waals surface area contributed by atoms with Crippen molar-refractivity contribution in [1.82, 2.24) is 4.98 Å². The molecule has 0 radical (unpaired) electrons. The minimum absolute atomic E-state index is 0.420. The van der Waals surface area contributed by atoms with E-state index in [-0.39, 0.29) is 0 Å². The van der Waals surface area contributed by atoms with E-state index in [0.29, 0.717) is 6.04 Å². The summed E-state index contributed by atoms with van der Waals surface area (Å²) < 4.78 is 0. The smallest absolute Gasteiger partial charge is 0.128 e. The van der Waals surface area contributed by atoms with Gasteiger partial charge in [-0.05, 0) is 37.5 Å². The zero-order chi connectivity index (χ0) is 12.3. The van der Waals surface area contributed by atoms with Crippen LogP contribution in [0, 0.1) is 0 Å². The Morgan fingerprint density at radius 2 is 2.06 bits per heavy atom. The molecular formula is C14H22N2O. The molecule has 1 N–H and O–H groups in total. The van der Waals surface area contributed by atoms with E-state index in [1.165, 1.54) is 32.1 Å². The van der Waals surface area contributed by atoms with Crippen LogP contribution < -0.4 is 4.90 Å². The molecule has 0 unspecified atom stereocenters. The quantitative estimate of drug-likeness (QED) is 0.873. The second-order valence-corrected chi connectivity index (χ2v) is 5.03. The van der Waals surface area contributed by atoms with Gasteiger partial charge in [0.05, 0.1) is 6.10 Å². The van der Waals surface area contributed by atoms with Crippen molar-refractivity contribution < 1.29 is 5.11 Å². The molecule has 1 aliphatic carbocycles. The maximum absolute atomic E-state index is 9.59. The summed E-state index contributed by atoms with van der Waals surface area (Å²) in [6, 6.07) is 4.49. The summed E-state index contributed by atoms with van der Waals surface area (Å²) in [6.45, 7) is 1.79. The van der Waals surface area contributed by atoms with Gasteiger partial charge in [0.2, 0.25) is 0 Å². The Morgan fingerprint density at radius 1 is 1.35 bits per heavy atom. The fourth-order valence-corrected chi connectivity index (χ4v) is 2.54. The van der Waals surface area contributed by atoms with Crippen LogP contribution >= 0.6 is 0 Å². The molecule has 1 aliphatic rings. The molecule has 0 bridgehead atoms. The zero-order valence-electron chi connectivity index (χ0n) is 10.8. The predicted molar refractivity (Wildman–Crippen MR) is 70.1 cm³/mol. The molecule has 2 rings (SSSR count). The molecule has 3 heteroatoms. The monoisotopic (exact) mass is 234 g/mol. The van der Waals surface area contributed by atoms with Crippen molar-refractivity contribution in [3.63, 3.8) is 0 Å². The number of aliphatic hydroxyl groups excluding tert-OH is 1. The maximum atomic E-state index is 9.59. The van der Waals surface area contributed by atoms with Crippen molar-refractivity contribution in [3.05, 3.63) is 23.9 Å². The van der Waals surface area contributed by atoms with Crippen LogP contribution in [0.15, 0.2) is 18.3 Å². The molecule has 0 amide bonds. The van der Waals surface area contributed by atoms with Crippen LogP contribution in [-0.2, 0) is 0 Å². The van der Waals surface area contributed by atoms with Crippen molar-refractivity contribution in [2.75, 3.05) is 11.9 Å². The van der Waals surface area contributed by atoms with Gasteiger partial charge in [0.1, 0.15) is 5.82 Å². The number of hydrogen-bond acceptors (Lipinski definition) is 3. The lowest BCUT2D eigenvalue weighted by molar-refractivity contribution is 0.199. The molecule has 1 aromatic rings. The first-order valence-electron chi connectivity index (χ1n) is 6.55. The van der Waals surface area contributed by atoms with Gasteiger partial charge in [-0.3, -0.25) is 0 Å². The van der Waals surface area contributed by atoms with Gasteiger partial charge in [-0.2, -0.15) is 0 Å². The molecule has 3 nitrogen and oxygen atoms in total. The number of hydrogen-bond donors (Lipinski definition) is 1. The third-order valence-electron chi connectivity index (χ3n) is 3.74. The standard InChI is InChI=1S/C14H22N2O/c1-11(17)12-8-9-15-14(10-12)16(2)13-6-4-3-5-7-13/h8-11,13,17H,3-7H2,1-2H3/t11-/m1/s1. The molecule has 17 heavy (non-hydrogen) atoms. The number of pyridine rings is 1. The van der Waals surface area contributed by atoms with E-state index in [9.17, 15) is 5.11 Å². The van der Waals surface area contributed by atoms with Crippen molar-refractivity contribution in [2.45, 2.75) is 51.2 Å². The summed E-state index contributed by atoms with van der Waals surface area (Å²) in [5.41, 5.74) is 0.942. The Hall–Kier alpha value is -1.09. The molecule has 0 aromatic carbocycles. The number of rotatable bonds is 3. The Kier molecular flexibility index (Phi) is 4.00. The highest BCUT2D eigenvalue weighted by molar-refractivity contribution is 5.41. The molecule has 1 heterocycles. The summed E-state index contributed by atoms with van der Waals surface area (Å²) in [7, 11) is 2.12.